The van der Waals surface area contributed by atoms with E-state index in [1.165, 1.54) is 25.3 Å². The fraction of sp³-hybridized carbons (Fsp3) is 0.647. The van der Waals surface area contributed by atoms with Crippen molar-refractivity contribution in [1.82, 2.24) is 4.90 Å². The standard InChI is InChI=1S/C17H26BrFN2/c1-12(2)13-4-3-8-21(9-7-13)17(11-20)15-10-14(19)5-6-16(15)18/h5-6,10,12-13,17H,3-4,7-9,11,20H2,1-2H3. The minimum absolute atomic E-state index is 0.0981. The van der Waals surface area contributed by atoms with Gasteiger partial charge in [-0.05, 0) is 68.0 Å². The third kappa shape index (κ3) is 4.27. The normalized spacial score (nSPS) is 22.3. The van der Waals surface area contributed by atoms with Crippen molar-refractivity contribution in [1.29, 1.82) is 0 Å². The number of rotatable bonds is 4. The Morgan fingerprint density at radius 1 is 1.33 bits per heavy atom. The fourth-order valence-corrected chi connectivity index (χ4v) is 3.88. The van der Waals surface area contributed by atoms with Gasteiger partial charge in [0.15, 0.2) is 0 Å². The van der Waals surface area contributed by atoms with Gasteiger partial charge in [-0.2, -0.15) is 0 Å². The van der Waals surface area contributed by atoms with Crippen molar-refractivity contribution in [2.24, 2.45) is 17.6 Å². The molecule has 0 aromatic heterocycles. The van der Waals surface area contributed by atoms with Crippen LogP contribution in [0, 0.1) is 17.7 Å². The Morgan fingerprint density at radius 3 is 2.76 bits per heavy atom. The highest BCUT2D eigenvalue weighted by Gasteiger charge is 2.26. The summed E-state index contributed by atoms with van der Waals surface area (Å²) in [4.78, 5) is 2.43. The predicted octanol–water partition coefficient (Wildman–Crippen LogP) is 4.35. The minimum atomic E-state index is -0.193. The van der Waals surface area contributed by atoms with E-state index in [0.717, 1.165) is 35.0 Å². The Kier molecular flexibility index (Phi) is 6.20. The van der Waals surface area contributed by atoms with Gasteiger partial charge in [0.1, 0.15) is 5.82 Å². The van der Waals surface area contributed by atoms with Gasteiger partial charge >= 0.3 is 0 Å². The van der Waals surface area contributed by atoms with Crippen LogP contribution in [0.2, 0.25) is 0 Å². The maximum absolute atomic E-state index is 13.6. The van der Waals surface area contributed by atoms with Crippen LogP contribution in [0.5, 0.6) is 0 Å². The fourth-order valence-electron chi connectivity index (χ4n) is 3.37. The van der Waals surface area contributed by atoms with Crippen LogP contribution < -0.4 is 5.73 Å². The number of benzene rings is 1. The lowest BCUT2D eigenvalue weighted by molar-refractivity contribution is 0.203. The number of nitrogens with two attached hydrogens (primary N) is 1. The van der Waals surface area contributed by atoms with E-state index in [2.05, 4.69) is 34.7 Å². The molecule has 1 fully saturated rings. The van der Waals surface area contributed by atoms with Crippen molar-refractivity contribution in [2.75, 3.05) is 19.6 Å². The summed E-state index contributed by atoms with van der Waals surface area (Å²) >= 11 is 3.54. The Labute approximate surface area is 136 Å². The summed E-state index contributed by atoms with van der Waals surface area (Å²) < 4.78 is 14.5. The van der Waals surface area contributed by atoms with Crippen LogP contribution in [0.25, 0.3) is 0 Å². The molecule has 2 N–H and O–H groups in total. The van der Waals surface area contributed by atoms with Crippen molar-refractivity contribution in [3.63, 3.8) is 0 Å². The average Bonchev–Trinajstić information content (AvgIpc) is 2.70. The second-order valence-electron chi connectivity index (χ2n) is 6.39. The van der Waals surface area contributed by atoms with E-state index in [1.54, 1.807) is 12.1 Å². The first-order valence-corrected chi connectivity index (χ1v) is 8.71. The van der Waals surface area contributed by atoms with E-state index in [1.807, 2.05) is 0 Å². The van der Waals surface area contributed by atoms with E-state index in [9.17, 15) is 4.39 Å². The van der Waals surface area contributed by atoms with Crippen LogP contribution in [0.3, 0.4) is 0 Å². The molecule has 21 heavy (non-hydrogen) atoms. The average molecular weight is 357 g/mol. The number of hydrogen-bond donors (Lipinski definition) is 1. The maximum atomic E-state index is 13.6. The number of hydrogen-bond acceptors (Lipinski definition) is 2. The summed E-state index contributed by atoms with van der Waals surface area (Å²) in [7, 11) is 0. The molecule has 0 bridgehead atoms. The minimum Gasteiger partial charge on any atom is -0.329 e. The van der Waals surface area contributed by atoms with Crippen molar-refractivity contribution in [3.05, 3.63) is 34.1 Å². The van der Waals surface area contributed by atoms with Crippen LogP contribution in [-0.4, -0.2) is 24.5 Å². The largest absolute Gasteiger partial charge is 0.329 e. The van der Waals surface area contributed by atoms with Crippen LogP contribution in [0.15, 0.2) is 22.7 Å². The van der Waals surface area contributed by atoms with Crippen molar-refractivity contribution < 1.29 is 4.39 Å². The first-order valence-electron chi connectivity index (χ1n) is 7.92. The zero-order valence-corrected chi connectivity index (χ0v) is 14.6. The Bertz CT molecular complexity index is 464. The zero-order valence-electron chi connectivity index (χ0n) is 13.0. The Balaban J connectivity index is 2.15. The van der Waals surface area contributed by atoms with Gasteiger partial charge in [-0.1, -0.05) is 29.8 Å². The highest BCUT2D eigenvalue weighted by atomic mass is 79.9. The SMILES string of the molecule is CC(C)C1CCCN(C(CN)c2cc(F)ccc2Br)CC1. The van der Waals surface area contributed by atoms with Crippen LogP contribution >= 0.6 is 15.9 Å². The second kappa shape index (κ2) is 7.70. The molecule has 1 aromatic rings. The van der Waals surface area contributed by atoms with Gasteiger partial charge in [0.2, 0.25) is 0 Å². The molecule has 1 aliphatic rings. The molecular weight excluding hydrogens is 331 g/mol. The molecule has 2 nitrogen and oxygen atoms in total. The topological polar surface area (TPSA) is 29.3 Å². The van der Waals surface area contributed by atoms with Gasteiger partial charge in [0.25, 0.3) is 0 Å². The highest BCUT2D eigenvalue weighted by Crippen LogP contribution is 2.32. The number of likely N-dealkylation sites (tertiary alicyclic amines) is 1. The molecule has 1 saturated heterocycles. The molecule has 0 radical (unpaired) electrons. The highest BCUT2D eigenvalue weighted by molar-refractivity contribution is 9.10. The quantitative estimate of drug-likeness (QED) is 0.868. The number of nitrogens with zero attached hydrogens (tertiary/aromatic N) is 1. The van der Waals surface area contributed by atoms with Gasteiger partial charge in [-0.3, -0.25) is 4.90 Å². The first-order chi connectivity index (χ1) is 10.0. The smallest absolute Gasteiger partial charge is 0.123 e. The van der Waals surface area contributed by atoms with Crippen LogP contribution in [-0.2, 0) is 0 Å². The zero-order chi connectivity index (χ0) is 15.4. The first kappa shape index (κ1) is 16.9. The van der Waals surface area contributed by atoms with Crippen molar-refractivity contribution in [3.8, 4) is 0 Å². The third-order valence-electron chi connectivity index (χ3n) is 4.73. The van der Waals surface area contributed by atoms with E-state index in [4.69, 9.17) is 5.73 Å². The second-order valence-corrected chi connectivity index (χ2v) is 7.24. The molecule has 118 valence electrons. The Morgan fingerprint density at radius 2 is 2.10 bits per heavy atom. The third-order valence-corrected chi connectivity index (χ3v) is 5.45. The summed E-state index contributed by atoms with van der Waals surface area (Å²) in [6.45, 7) is 7.24. The van der Waals surface area contributed by atoms with E-state index in [-0.39, 0.29) is 11.9 Å². The summed E-state index contributed by atoms with van der Waals surface area (Å²) in [5.41, 5.74) is 6.99. The lowest BCUT2D eigenvalue weighted by Gasteiger charge is -2.31. The monoisotopic (exact) mass is 356 g/mol. The molecule has 2 rings (SSSR count). The molecule has 0 saturated carbocycles. The summed E-state index contributed by atoms with van der Waals surface area (Å²) in [5, 5.41) is 0. The van der Waals surface area contributed by atoms with Crippen LogP contribution in [0.1, 0.15) is 44.7 Å². The molecule has 0 aliphatic carbocycles. The molecule has 4 heteroatoms. The van der Waals surface area contributed by atoms with Gasteiger partial charge in [0, 0.05) is 17.1 Å². The molecule has 2 unspecified atom stereocenters. The molecule has 0 amide bonds. The van der Waals surface area contributed by atoms with Gasteiger partial charge in [-0.25, -0.2) is 4.39 Å². The lowest BCUT2D eigenvalue weighted by atomic mass is 9.89. The number of halogens is 2. The van der Waals surface area contributed by atoms with Crippen LogP contribution in [0.4, 0.5) is 4.39 Å². The molecule has 1 heterocycles. The van der Waals surface area contributed by atoms with Gasteiger partial charge in [0.05, 0.1) is 0 Å². The van der Waals surface area contributed by atoms with Crippen molar-refractivity contribution in [2.45, 2.75) is 39.2 Å². The van der Waals surface area contributed by atoms with Gasteiger partial charge in [-0.15, -0.1) is 0 Å². The maximum Gasteiger partial charge on any atom is 0.123 e. The summed E-state index contributed by atoms with van der Waals surface area (Å²) in [6.07, 6.45) is 3.70. The van der Waals surface area contributed by atoms with E-state index in [0.29, 0.717) is 6.54 Å². The molecule has 0 spiro atoms. The van der Waals surface area contributed by atoms with Gasteiger partial charge < -0.3 is 5.73 Å². The van der Waals surface area contributed by atoms with E-state index < -0.39 is 0 Å². The lowest BCUT2D eigenvalue weighted by Crippen LogP contribution is -2.35. The van der Waals surface area contributed by atoms with Crippen molar-refractivity contribution >= 4 is 15.9 Å². The predicted molar refractivity (Wildman–Crippen MR) is 89.6 cm³/mol. The molecule has 2 atom stereocenters. The summed E-state index contributed by atoms with van der Waals surface area (Å²) in [6, 6.07) is 4.98. The van der Waals surface area contributed by atoms with E-state index >= 15 is 0 Å². The summed E-state index contributed by atoms with van der Waals surface area (Å²) in [5.74, 6) is 1.34. The molecular formula is C17H26BrFN2. The molecule has 1 aliphatic heterocycles. The Hall–Kier alpha value is -0.450. The molecule has 1 aromatic carbocycles.